The summed E-state index contributed by atoms with van der Waals surface area (Å²) in [5, 5.41) is 25.3. The van der Waals surface area contributed by atoms with Gasteiger partial charge in [-0.3, -0.25) is 9.69 Å². The molecule has 0 unspecified atom stereocenters. The molecule has 5 heteroatoms. The van der Waals surface area contributed by atoms with Crippen molar-refractivity contribution in [1.29, 1.82) is 5.26 Å². The number of aliphatic hydroxyl groups excluding tert-OH is 1. The van der Waals surface area contributed by atoms with Gasteiger partial charge in [-0.05, 0) is 13.0 Å². The van der Waals surface area contributed by atoms with Crippen LogP contribution in [0.4, 0.5) is 0 Å². The molecule has 0 aliphatic heterocycles. The van der Waals surface area contributed by atoms with Crippen LogP contribution in [-0.4, -0.2) is 47.3 Å². The number of aliphatic hydroxyl groups is 1. The van der Waals surface area contributed by atoms with E-state index < -0.39 is 5.97 Å². The summed E-state index contributed by atoms with van der Waals surface area (Å²) in [7, 11) is 0. The minimum Gasteiger partial charge on any atom is -0.481 e. The molecule has 0 amide bonds. The second kappa shape index (κ2) is 7.53. The molecule has 0 aliphatic rings. The maximum atomic E-state index is 10.2. The number of carboxylic acids is 1. The zero-order valence-corrected chi connectivity index (χ0v) is 7.44. The number of nitrogens with zero attached hydrogens (tertiary/aromatic N) is 2. The lowest BCUT2D eigenvalue weighted by Gasteiger charge is -2.16. The van der Waals surface area contributed by atoms with Gasteiger partial charge in [-0.25, -0.2) is 0 Å². The molecule has 0 heterocycles. The Kier molecular flexibility index (Phi) is 6.88. The fraction of sp³-hybridized carbons (Fsp3) is 0.750. The molecular weight excluding hydrogens is 172 g/mol. The Bertz CT molecular complexity index is 188. The lowest BCUT2D eigenvalue weighted by atomic mass is 10.3. The first-order valence-corrected chi connectivity index (χ1v) is 4.12. The molecule has 0 bridgehead atoms. The van der Waals surface area contributed by atoms with E-state index in [1.54, 1.807) is 4.90 Å². The molecule has 0 spiro atoms. The van der Waals surface area contributed by atoms with Gasteiger partial charge in [0, 0.05) is 13.0 Å². The van der Waals surface area contributed by atoms with Crippen molar-refractivity contribution < 1.29 is 15.0 Å². The monoisotopic (exact) mass is 186 g/mol. The predicted octanol–water partition coefficient (Wildman–Crippen LogP) is -0.331. The fourth-order valence-electron chi connectivity index (χ4n) is 0.965. The molecule has 0 atom stereocenters. The van der Waals surface area contributed by atoms with E-state index in [-0.39, 0.29) is 19.6 Å². The van der Waals surface area contributed by atoms with Gasteiger partial charge in [0.25, 0.3) is 0 Å². The largest absolute Gasteiger partial charge is 0.481 e. The van der Waals surface area contributed by atoms with Crippen LogP contribution in [0.1, 0.15) is 12.8 Å². The van der Waals surface area contributed by atoms with E-state index in [0.29, 0.717) is 19.5 Å². The molecule has 0 fully saturated rings. The molecule has 0 aliphatic carbocycles. The van der Waals surface area contributed by atoms with E-state index in [1.807, 2.05) is 6.07 Å². The summed E-state index contributed by atoms with van der Waals surface area (Å²) in [6.07, 6.45) is 0.615. The summed E-state index contributed by atoms with van der Waals surface area (Å²) in [6.45, 7) is 1.20. The van der Waals surface area contributed by atoms with E-state index in [4.69, 9.17) is 15.5 Å². The van der Waals surface area contributed by atoms with Crippen molar-refractivity contribution in [2.24, 2.45) is 0 Å². The van der Waals surface area contributed by atoms with Crippen LogP contribution in [0.25, 0.3) is 0 Å². The molecule has 0 rings (SSSR count). The topological polar surface area (TPSA) is 84.6 Å². The van der Waals surface area contributed by atoms with Crippen LogP contribution < -0.4 is 0 Å². The van der Waals surface area contributed by atoms with Gasteiger partial charge in [0.05, 0.1) is 19.2 Å². The predicted molar refractivity (Wildman–Crippen MR) is 46.0 cm³/mol. The van der Waals surface area contributed by atoms with E-state index in [1.165, 1.54) is 0 Å². The molecule has 0 aromatic heterocycles. The van der Waals surface area contributed by atoms with Crippen LogP contribution in [0.3, 0.4) is 0 Å². The number of carbonyl (C=O) groups is 1. The summed E-state index contributed by atoms with van der Waals surface area (Å²) >= 11 is 0. The van der Waals surface area contributed by atoms with Gasteiger partial charge in [0.1, 0.15) is 0 Å². The Hall–Kier alpha value is -1.12. The third-order valence-corrected chi connectivity index (χ3v) is 1.58. The van der Waals surface area contributed by atoms with Gasteiger partial charge in [0.2, 0.25) is 0 Å². The summed E-state index contributed by atoms with van der Waals surface area (Å²) in [5.74, 6) is -0.832. The van der Waals surface area contributed by atoms with Crippen LogP contribution >= 0.6 is 0 Å². The van der Waals surface area contributed by atoms with Crippen molar-refractivity contribution in [2.45, 2.75) is 12.8 Å². The van der Waals surface area contributed by atoms with Crippen molar-refractivity contribution >= 4 is 5.97 Å². The highest BCUT2D eigenvalue weighted by Gasteiger charge is 2.04. The van der Waals surface area contributed by atoms with Crippen molar-refractivity contribution in [3.63, 3.8) is 0 Å². The van der Waals surface area contributed by atoms with Gasteiger partial charge in [-0.15, -0.1) is 0 Å². The Morgan fingerprint density at radius 2 is 2.15 bits per heavy atom. The maximum Gasteiger partial charge on any atom is 0.303 e. The molecule has 5 nitrogen and oxygen atoms in total. The molecule has 13 heavy (non-hydrogen) atoms. The summed E-state index contributed by atoms with van der Waals surface area (Å²) in [4.78, 5) is 11.9. The molecule has 74 valence electrons. The Balaban J connectivity index is 3.57. The lowest BCUT2D eigenvalue weighted by Crippen LogP contribution is -2.28. The maximum absolute atomic E-state index is 10.2. The number of aliphatic carboxylic acids is 1. The number of hydrogen-bond donors (Lipinski definition) is 2. The molecular formula is C8H14N2O3. The smallest absolute Gasteiger partial charge is 0.303 e. The molecule has 0 saturated heterocycles. The van der Waals surface area contributed by atoms with E-state index in [0.717, 1.165) is 0 Å². The number of rotatable bonds is 7. The van der Waals surface area contributed by atoms with E-state index in [9.17, 15) is 4.79 Å². The minimum atomic E-state index is -0.832. The van der Waals surface area contributed by atoms with Gasteiger partial charge in [-0.1, -0.05) is 0 Å². The summed E-state index contributed by atoms with van der Waals surface area (Å²) in [6, 6.07) is 1.96. The summed E-state index contributed by atoms with van der Waals surface area (Å²) in [5.41, 5.74) is 0. The number of carboxylic acid groups (broad SMARTS) is 1. The molecule has 0 aromatic carbocycles. The van der Waals surface area contributed by atoms with Crippen molar-refractivity contribution in [1.82, 2.24) is 4.90 Å². The first-order chi connectivity index (χ1) is 6.20. The van der Waals surface area contributed by atoms with E-state index in [2.05, 4.69) is 0 Å². The molecule has 0 radical (unpaired) electrons. The molecule has 2 N–H and O–H groups in total. The zero-order valence-electron chi connectivity index (χ0n) is 7.44. The normalized spacial score (nSPS) is 9.92. The third kappa shape index (κ3) is 7.25. The highest BCUT2D eigenvalue weighted by molar-refractivity contribution is 5.66. The Labute approximate surface area is 77.2 Å². The molecule has 0 saturated carbocycles. The highest BCUT2D eigenvalue weighted by Crippen LogP contribution is 1.94. The van der Waals surface area contributed by atoms with Crippen LogP contribution in [0.2, 0.25) is 0 Å². The van der Waals surface area contributed by atoms with Gasteiger partial charge >= 0.3 is 5.97 Å². The SMILES string of the molecule is N#CCN(CCO)CCCC(=O)O. The number of nitriles is 1. The lowest BCUT2D eigenvalue weighted by molar-refractivity contribution is -0.137. The van der Waals surface area contributed by atoms with Gasteiger partial charge in [-0.2, -0.15) is 5.26 Å². The van der Waals surface area contributed by atoms with Crippen LogP contribution in [0.5, 0.6) is 0 Å². The van der Waals surface area contributed by atoms with Crippen LogP contribution in [0, 0.1) is 11.3 Å². The minimum absolute atomic E-state index is 0.00521. The second-order valence-corrected chi connectivity index (χ2v) is 2.66. The van der Waals surface area contributed by atoms with Crippen molar-refractivity contribution in [3.8, 4) is 6.07 Å². The van der Waals surface area contributed by atoms with E-state index >= 15 is 0 Å². The molecule has 0 aromatic rings. The first kappa shape index (κ1) is 11.9. The average Bonchev–Trinajstić information content (AvgIpc) is 2.04. The van der Waals surface area contributed by atoms with Crippen molar-refractivity contribution in [3.05, 3.63) is 0 Å². The third-order valence-electron chi connectivity index (χ3n) is 1.58. The first-order valence-electron chi connectivity index (χ1n) is 4.12. The average molecular weight is 186 g/mol. The quantitative estimate of drug-likeness (QED) is 0.532. The standard InChI is InChI=1S/C8H14N2O3/c9-3-5-10(6-7-11)4-1-2-8(12)13/h11H,1-2,4-7H2,(H,12,13). The highest BCUT2D eigenvalue weighted by atomic mass is 16.4. The number of hydrogen-bond acceptors (Lipinski definition) is 4. The summed E-state index contributed by atoms with van der Waals surface area (Å²) < 4.78 is 0. The zero-order chi connectivity index (χ0) is 10.1. The fourth-order valence-corrected chi connectivity index (χ4v) is 0.965. The Morgan fingerprint density at radius 1 is 1.46 bits per heavy atom. The van der Waals surface area contributed by atoms with Crippen LogP contribution in [-0.2, 0) is 4.79 Å². The second-order valence-electron chi connectivity index (χ2n) is 2.66. The van der Waals surface area contributed by atoms with Crippen LogP contribution in [0.15, 0.2) is 0 Å². The van der Waals surface area contributed by atoms with Crippen molar-refractivity contribution in [2.75, 3.05) is 26.2 Å². The van der Waals surface area contributed by atoms with Gasteiger partial charge < -0.3 is 10.2 Å². The Morgan fingerprint density at radius 3 is 2.62 bits per heavy atom. The van der Waals surface area contributed by atoms with Gasteiger partial charge in [0.15, 0.2) is 0 Å².